The molecule has 1 heterocycles. The van der Waals surface area contributed by atoms with Gasteiger partial charge < -0.3 is 20.5 Å². The van der Waals surface area contributed by atoms with Crippen molar-refractivity contribution in [3.8, 4) is 11.4 Å². The van der Waals surface area contributed by atoms with Crippen LogP contribution in [0.15, 0.2) is 54.7 Å². The van der Waals surface area contributed by atoms with Crippen LogP contribution in [0.5, 0.6) is 5.75 Å². The maximum atomic E-state index is 12.3. The largest absolute Gasteiger partial charge is 0.497 e. The van der Waals surface area contributed by atoms with Gasteiger partial charge in [-0.2, -0.15) is 5.10 Å². The standard InChI is InChI=1S/C29H36N4O4/c1-3-26-25(19-33(32-26)23-13-15-24(37-2)16-14-23)28(20-7-5-4-6-8-20)31-22-11-9-21(10-12-22)29(36)30-18-17-27(34)35/h9-16,19-20,28,31H,3-8,17-18H2,1-2H3,(H,30,36)(H,34,35). The van der Waals surface area contributed by atoms with E-state index in [1.807, 2.05) is 41.1 Å². The number of carboxylic acid groups (broad SMARTS) is 1. The number of aromatic nitrogens is 2. The van der Waals surface area contributed by atoms with Crippen LogP contribution in [-0.2, 0) is 11.2 Å². The van der Waals surface area contributed by atoms with Gasteiger partial charge in [-0.25, -0.2) is 4.68 Å². The number of aryl methyl sites for hydroxylation is 1. The van der Waals surface area contributed by atoms with Gasteiger partial charge in [-0.3, -0.25) is 9.59 Å². The van der Waals surface area contributed by atoms with E-state index in [0.717, 1.165) is 29.2 Å². The third-order valence-electron chi connectivity index (χ3n) is 7.04. The number of rotatable bonds is 11. The molecule has 3 N–H and O–H groups in total. The molecule has 2 aromatic carbocycles. The first kappa shape index (κ1) is 26.3. The molecule has 0 saturated heterocycles. The van der Waals surface area contributed by atoms with Gasteiger partial charge >= 0.3 is 5.97 Å². The second kappa shape index (κ2) is 12.4. The topological polar surface area (TPSA) is 105 Å². The average Bonchev–Trinajstić information content (AvgIpc) is 3.36. The molecule has 0 radical (unpaired) electrons. The Morgan fingerprint density at radius 2 is 1.78 bits per heavy atom. The van der Waals surface area contributed by atoms with Gasteiger partial charge in [-0.05, 0) is 73.7 Å². The van der Waals surface area contributed by atoms with Crippen molar-refractivity contribution in [2.75, 3.05) is 19.0 Å². The molecular formula is C29H36N4O4. The molecule has 1 atom stereocenters. The molecule has 1 aliphatic rings. The minimum absolute atomic E-state index is 0.0988. The lowest BCUT2D eigenvalue weighted by atomic mass is 9.81. The highest BCUT2D eigenvalue weighted by Gasteiger charge is 2.28. The number of methoxy groups -OCH3 is 1. The third-order valence-corrected chi connectivity index (χ3v) is 7.04. The van der Waals surface area contributed by atoms with Gasteiger partial charge in [0, 0.05) is 29.6 Å². The number of anilines is 1. The van der Waals surface area contributed by atoms with Gasteiger partial charge in [0.25, 0.3) is 5.91 Å². The molecule has 8 nitrogen and oxygen atoms in total. The normalized spacial score (nSPS) is 14.6. The lowest BCUT2D eigenvalue weighted by Gasteiger charge is -2.32. The summed E-state index contributed by atoms with van der Waals surface area (Å²) in [7, 11) is 1.66. The molecule has 37 heavy (non-hydrogen) atoms. The van der Waals surface area contributed by atoms with Crippen molar-refractivity contribution < 1.29 is 19.4 Å². The zero-order valence-electron chi connectivity index (χ0n) is 21.6. The Balaban J connectivity index is 1.57. The van der Waals surface area contributed by atoms with Crippen LogP contribution in [0.1, 0.15) is 73.1 Å². The molecule has 1 fully saturated rings. The van der Waals surface area contributed by atoms with Crippen molar-refractivity contribution in [2.24, 2.45) is 5.92 Å². The third kappa shape index (κ3) is 6.70. The summed E-state index contributed by atoms with van der Waals surface area (Å²) >= 11 is 0. The van der Waals surface area contributed by atoms with Crippen molar-refractivity contribution >= 4 is 17.6 Å². The molecule has 4 rings (SSSR count). The van der Waals surface area contributed by atoms with Crippen LogP contribution < -0.4 is 15.4 Å². The van der Waals surface area contributed by atoms with Crippen molar-refractivity contribution in [3.63, 3.8) is 0 Å². The van der Waals surface area contributed by atoms with E-state index >= 15 is 0 Å². The number of carbonyl (C=O) groups is 2. The lowest BCUT2D eigenvalue weighted by molar-refractivity contribution is -0.136. The van der Waals surface area contributed by atoms with E-state index in [1.54, 1.807) is 19.2 Å². The fourth-order valence-electron chi connectivity index (χ4n) is 5.02. The molecule has 1 aromatic heterocycles. The van der Waals surface area contributed by atoms with Crippen LogP contribution in [-0.4, -0.2) is 40.4 Å². The van der Waals surface area contributed by atoms with E-state index in [1.165, 1.54) is 37.7 Å². The molecule has 3 aromatic rings. The Morgan fingerprint density at radius 1 is 1.08 bits per heavy atom. The number of carbonyl (C=O) groups excluding carboxylic acids is 1. The number of hydrogen-bond donors (Lipinski definition) is 3. The van der Waals surface area contributed by atoms with Gasteiger partial charge in [0.2, 0.25) is 0 Å². The number of amides is 1. The Hall–Kier alpha value is -3.81. The molecule has 0 aliphatic heterocycles. The predicted octanol–water partition coefficient (Wildman–Crippen LogP) is 5.38. The highest BCUT2D eigenvalue weighted by molar-refractivity contribution is 5.94. The zero-order valence-corrected chi connectivity index (χ0v) is 21.6. The number of ether oxygens (including phenoxy) is 1. The van der Waals surface area contributed by atoms with Gasteiger partial charge in [0.05, 0.1) is 31.0 Å². The first-order chi connectivity index (χ1) is 18.0. The van der Waals surface area contributed by atoms with Crippen LogP contribution in [0.4, 0.5) is 5.69 Å². The quantitative estimate of drug-likeness (QED) is 0.324. The van der Waals surface area contributed by atoms with E-state index in [-0.39, 0.29) is 24.9 Å². The smallest absolute Gasteiger partial charge is 0.305 e. The molecule has 1 aliphatic carbocycles. The van der Waals surface area contributed by atoms with Crippen LogP contribution in [0.2, 0.25) is 0 Å². The Morgan fingerprint density at radius 3 is 2.41 bits per heavy atom. The van der Waals surface area contributed by atoms with E-state index in [0.29, 0.717) is 11.5 Å². The van der Waals surface area contributed by atoms with Crippen molar-refractivity contribution in [1.29, 1.82) is 0 Å². The minimum atomic E-state index is -0.935. The van der Waals surface area contributed by atoms with Crippen LogP contribution in [0, 0.1) is 5.92 Å². The fraction of sp³-hybridized carbons (Fsp3) is 0.414. The number of hydrogen-bond acceptors (Lipinski definition) is 5. The number of nitrogens with zero attached hydrogens (tertiary/aromatic N) is 2. The van der Waals surface area contributed by atoms with Crippen LogP contribution in [0.3, 0.4) is 0 Å². The maximum Gasteiger partial charge on any atom is 0.305 e. The van der Waals surface area contributed by atoms with Crippen molar-refractivity contribution in [1.82, 2.24) is 15.1 Å². The first-order valence-electron chi connectivity index (χ1n) is 13.1. The summed E-state index contributed by atoms with van der Waals surface area (Å²) < 4.78 is 7.26. The second-order valence-electron chi connectivity index (χ2n) is 9.52. The van der Waals surface area contributed by atoms with Gasteiger partial charge in [0.15, 0.2) is 0 Å². The summed E-state index contributed by atoms with van der Waals surface area (Å²) in [5.74, 6) is 0.0974. The number of carboxylic acids is 1. The van der Waals surface area contributed by atoms with Crippen LogP contribution >= 0.6 is 0 Å². The van der Waals surface area contributed by atoms with Crippen molar-refractivity contribution in [3.05, 3.63) is 71.5 Å². The summed E-state index contributed by atoms with van der Waals surface area (Å²) in [6.45, 7) is 2.25. The molecular weight excluding hydrogens is 468 g/mol. The molecule has 1 unspecified atom stereocenters. The Labute approximate surface area is 218 Å². The molecule has 1 saturated carbocycles. The van der Waals surface area contributed by atoms with E-state index in [2.05, 4.69) is 23.8 Å². The lowest BCUT2D eigenvalue weighted by Crippen LogP contribution is -2.26. The second-order valence-corrected chi connectivity index (χ2v) is 9.52. The summed E-state index contributed by atoms with van der Waals surface area (Å²) in [6, 6.07) is 15.4. The number of aliphatic carboxylic acids is 1. The predicted molar refractivity (Wildman–Crippen MR) is 143 cm³/mol. The van der Waals surface area contributed by atoms with Crippen LogP contribution in [0.25, 0.3) is 5.69 Å². The zero-order chi connectivity index (χ0) is 26.2. The monoisotopic (exact) mass is 504 g/mol. The summed E-state index contributed by atoms with van der Waals surface area (Å²) in [5, 5.41) is 20.1. The maximum absolute atomic E-state index is 12.3. The highest BCUT2D eigenvalue weighted by Crippen LogP contribution is 2.38. The Bertz CT molecular complexity index is 1180. The highest BCUT2D eigenvalue weighted by atomic mass is 16.5. The summed E-state index contributed by atoms with van der Waals surface area (Å²) in [6.07, 6.45) is 8.95. The summed E-state index contributed by atoms with van der Waals surface area (Å²) in [4.78, 5) is 23.0. The SMILES string of the molecule is CCc1nn(-c2ccc(OC)cc2)cc1C(Nc1ccc(C(=O)NCCC(=O)O)cc1)C1CCCCC1. The first-order valence-corrected chi connectivity index (χ1v) is 13.1. The summed E-state index contributed by atoms with van der Waals surface area (Å²) in [5.41, 5.74) is 4.72. The number of benzene rings is 2. The van der Waals surface area contributed by atoms with Gasteiger partial charge in [-0.1, -0.05) is 26.2 Å². The molecule has 1 amide bonds. The van der Waals surface area contributed by atoms with Crippen molar-refractivity contribution in [2.45, 2.75) is 57.9 Å². The van der Waals surface area contributed by atoms with Gasteiger partial charge in [0.1, 0.15) is 5.75 Å². The van der Waals surface area contributed by atoms with E-state index in [4.69, 9.17) is 14.9 Å². The van der Waals surface area contributed by atoms with Gasteiger partial charge in [-0.15, -0.1) is 0 Å². The molecule has 0 bridgehead atoms. The molecule has 196 valence electrons. The average molecular weight is 505 g/mol. The number of nitrogens with one attached hydrogen (secondary N) is 2. The molecule has 0 spiro atoms. The Kier molecular flexibility index (Phi) is 8.82. The minimum Gasteiger partial charge on any atom is -0.497 e. The molecule has 8 heteroatoms. The van der Waals surface area contributed by atoms with E-state index in [9.17, 15) is 9.59 Å². The van der Waals surface area contributed by atoms with E-state index < -0.39 is 5.97 Å². The fourth-order valence-corrected chi connectivity index (χ4v) is 5.02.